The third-order valence-corrected chi connectivity index (χ3v) is 20.0. The molecule has 608 valence electrons. The van der Waals surface area contributed by atoms with Crippen molar-refractivity contribution in [3.05, 3.63) is 146 Å². The Bertz CT molecular complexity index is 2350. The maximum atomic E-state index is 13.4. The second kappa shape index (κ2) is 73.7. The van der Waals surface area contributed by atoms with Crippen molar-refractivity contribution >= 4 is 5.91 Å². The SMILES string of the molecule is CC/C=C\C/C=C\C/C=C\C/C=C\C/C=C\C/C=C\C/C=C\C/C=C\C/C=C\C/C=C\CCCCCCCCCCC(=O)NC(COC1OC(CO)C(OC2OC(CO)C(O)C(O)C2O)C(O)C1O)C(O)/C=C/CC/C=C/CCCCCCCCCCCCCCCCCCCCCCCCCCCCC. The fourth-order valence-corrected chi connectivity index (χ4v) is 13.3. The van der Waals surface area contributed by atoms with E-state index in [1.165, 1.54) is 193 Å². The second-order valence-corrected chi connectivity index (χ2v) is 29.6. The molecular weight excluding hydrogens is 1330 g/mol. The Labute approximate surface area is 646 Å². The van der Waals surface area contributed by atoms with E-state index in [2.05, 4.69) is 153 Å². The number of hydrogen-bond acceptors (Lipinski definition) is 13. The molecule has 1 amide bonds. The molecule has 0 saturated carbocycles. The molecule has 0 aliphatic carbocycles. The van der Waals surface area contributed by atoms with E-state index in [-0.39, 0.29) is 18.9 Å². The minimum absolute atomic E-state index is 0.255. The number of aliphatic hydroxyl groups is 8. The third-order valence-electron chi connectivity index (χ3n) is 20.0. The lowest BCUT2D eigenvalue weighted by Gasteiger charge is -2.46. The monoisotopic (exact) mass is 1480 g/mol. The van der Waals surface area contributed by atoms with E-state index in [1.54, 1.807) is 6.08 Å². The fraction of sp³-hybridized carbons (Fsp3) is 0.728. The molecule has 2 fully saturated rings. The summed E-state index contributed by atoms with van der Waals surface area (Å²) in [6.45, 7) is 2.69. The zero-order valence-corrected chi connectivity index (χ0v) is 66.9. The van der Waals surface area contributed by atoms with E-state index in [9.17, 15) is 45.6 Å². The van der Waals surface area contributed by atoms with Gasteiger partial charge in [-0.1, -0.05) is 365 Å². The fourth-order valence-electron chi connectivity index (χ4n) is 13.3. The molecule has 0 aromatic carbocycles. The number of unbranched alkanes of at least 4 members (excludes halogenated alkanes) is 36. The Hall–Kier alpha value is -4.13. The lowest BCUT2D eigenvalue weighted by molar-refractivity contribution is -0.359. The molecule has 14 heteroatoms. The highest BCUT2D eigenvalue weighted by molar-refractivity contribution is 5.76. The summed E-state index contributed by atoms with van der Waals surface area (Å²) in [5.74, 6) is -0.260. The molecule has 2 aliphatic heterocycles. The minimum atomic E-state index is -1.80. The lowest BCUT2D eigenvalue weighted by atomic mass is 9.97. The summed E-state index contributed by atoms with van der Waals surface area (Å²) in [6.07, 6.45) is 95.1. The molecule has 9 N–H and O–H groups in total. The van der Waals surface area contributed by atoms with Crippen LogP contribution in [0.25, 0.3) is 0 Å². The molecule has 14 nitrogen and oxygen atoms in total. The van der Waals surface area contributed by atoms with Crippen molar-refractivity contribution in [3.63, 3.8) is 0 Å². The molecule has 12 unspecified atom stereocenters. The smallest absolute Gasteiger partial charge is 0.220 e. The number of nitrogens with one attached hydrogen (secondary N) is 1. The van der Waals surface area contributed by atoms with E-state index < -0.39 is 86.8 Å². The number of aliphatic hydroxyl groups excluding tert-OH is 8. The van der Waals surface area contributed by atoms with Crippen molar-refractivity contribution in [1.29, 1.82) is 0 Å². The number of carbonyl (C=O) groups excluding carboxylic acids is 1. The Morgan fingerprint density at radius 1 is 0.349 bits per heavy atom. The van der Waals surface area contributed by atoms with Gasteiger partial charge in [-0.2, -0.15) is 0 Å². The van der Waals surface area contributed by atoms with Gasteiger partial charge in [0.2, 0.25) is 5.91 Å². The van der Waals surface area contributed by atoms with Crippen molar-refractivity contribution in [2.24, 2.45) is 0 Å². The van der Waals surface area contributed by atoms with Gasteiger partial charge < -0.3 is 65.1 Å². The first-order chi connectivity index (χ1) is 52.1. The van der Waals surface area contributed by atoms with E-state index in [4.69, 9.17) is 18.9 Å². The van der Waals surface area contributed by atoms with Crippen molar-refractivity contribution in [2.75, 3.05) is 19.8 Å². The van der Waals surface area contributed by atoms with Gasteiger partial charge in [0.25, 0.3) is 0 Å². The zero-order valence-electron chi connectivity index (χ0n) is 66.9. The van der Waals surface area contributed by atoms with Crippen LogP contribution in [0, 0.1) is 0 Å². The first-order valence-corrected chi connectivity index (χ1v) is 43.1. The highest BCUT2D eigenvalue weighted by atomic mass is 16.7. The highest BCUT2D eigenvalue weighted by Crippen LogP contribution is 2.30. The average Bonchev–Trinajstić information content (AvgIpc) is 0.789. The Morgan fingerprint density at radius 3 is 1.04 bits per heavy atom. The van der Waals surface area contributed by atoms with Gasteiger partial charge in [0, 0.05) is 6.42 Å². The highest BCUT2D eigenvalue weighted by Gasteiger charge is 2.51. The summed E-state index contributed by atoms with van der Waals surface area (Å²) in [6, 6.07) is -0.949. The number of carbonyl (C=O) groups is 1. The van der Waals surface area contributed by atoms with Gasteiger partial charge in [-0.25, -0.2) is 0 Å². The molecule has 2 aliphatic rings. The van der Waals surface area contributed by atoms with Crippen LogP contribution in [0.4, 0.5) is 0 Å². The zero-order chi connectivity index (χ0) is 76.5. The van der Waals surface area contributed by atoms with Crippen LogP contribution < -0.4 is 5.32 Å². The van der Waals surface area contributed by atoms with E-state index in [1.807, 2.05) is 6.08 Å². The van der Waals surface area contributed by atoms with E-state index >= 15 is 0 Å². The molecule has 0 spiro atoms. The summed E-state index contributed by atoms with van der Waals surface area (Å²) in [5, 5.41) is 87.8. The molecule has 0 radical (unpaired) electrons. The topological polar surface area (TPSA) is 228 Å². The summed E-state index contributed by atoms with van der Waals surface area (Å²) >= 11 is 0. The lowest BCUT2D eigenvalue weighted by Crippen LogP contribution is -2.65. The quantitative estimate of drug-likeness (QED) is 0.0204. The second-order valence-electron chi connectivity index (χ2n) is 29.6. The van der Waals surface area contributed by atoms with Crippen molar-refractivity contribution in [1.82, 2.24) is 5.32 Å². The van der Waals surface area contributed by atoms with Gasteiger partial charge in [0.1, 0.15) is 48.8 Å². The largest absolute Gasteiger partial charge is 0.394 e. The van der Waals surface area contributed by atoms with Crippen LogP contribution in [0.1, 0.15) is 335 Å². The molecule has 0 aromatic rings. The Balaban J connectivity index is 1.63. The number of rotatable bonds is 71. The van der Waals surface area contributed by atoms with Gasteiger partial charge in [0.15, 0.2) is 12.6 Å². The number of amides is 1. The molecule has 2 heterocycles. The van der Waals surface area contributed by atoms with Crippen molar-refractivity contribution in [2.45, 2.75) is 408 Å². The van der Waals surface area contributed by atoms with E-state index in [0.717, 1.165) is 109 Å². The van der Waals surface area contributed by atoms with Crippen LogP contribution >= 0.6 is 0 Å². The van der Waals surface area contributed by atoms with Gasteiger partial charge in [-0.3, -0.25) is 4.79 Å². The maximum Gasteiger partial charge on any atom is 0.220 e. The van der Waals surface area contributed by atoms with Crippen LogP contribution in [0.3, 0.4) is 0 Å². The maximum absolute atomic E-state index is 13.4. The van der Waals surface area contributed by atoms with Crippen LogP contribution in [0.5, 0.6) is 0 Å². The summed E-state index contributed by atoms with van der Waals surface area (Å²) in [5.41, 5.74) is 0. The molecule has 0 bridgehead atoms. The van der Waals surface area contributed by atoms with Crippen LogP contribution in [0.15, 0.2) is 146 Å². The van der Waals surface area contributed by atoms with Crippen LogP contribution in [-0.4, -0.2) is 140 Å². The number of allylic oxidation sites excluding steroid dienone is 23. The molecule has 2 rings (SSSR count). The standard InChI is InChI=1S/C92H157NO13/c1-3-5-7-9-11-13-15-17-19-21-23-25-27-29-31-33-35-37-38-39-40-41-42-44-46-48-50-52-54-56-58-60-62-64-66-68-70-72-74-76-84(97)93-80(79-103-91-89(102)87(100)90(83(78-95)105-91)106-92-88(101)86(99)85(98)82(77-94)104-92)81(96)75-73-71-69-67-65-63-61-59-57-55-53-51-49-47-45-43-36-34-32-30-28-26-24-22-20-18-16-14-12-10-8-6-4-2/h5,7,11,13,17,19,23,25,29,31,35,37,39-40,42,44,48,50,54,56,65,67,73,75,80-83,85-92,94-96,98-102H,3-4,6,8-10,12,14-16,18,20-22,24,26-28,30,32-34,36,38,41,43,45-47,49,51-53,55,57-64,66,68-72,74,76-79H2,1-2H3,(H,93,97)/b7-5-,13-11-,19-17-,25-23-,31-29-,37-35-,40-39-,44-42-,50-48-,56-54-,67-65+,75-73+. The van der Waals surface area contributed by atoms with Gasteiger partial charge in [-0.05, 0) is 109 Å². The number of ether oxygens (including phenoxy) is 4. The van der Waals surface area contributed by atoms with Gasteiger partial charge in [-0.15, -0.1) is 0 Å². The van der Waals surface area contributed by atoms with Crippen molar-refractivity contribution in [3.8, 4) is 0 Å². The van der Waals surface area contributed by atoms with Crippen LogP contribution in [0.2, 0.25) is 0 Å². The normalized spacial score (nSPS) is 22.1. The van der Waals surface area contributed by atoms with E-state index in [0.29, 0.717) is 12.8 Å². The minimum Gasteiger partial charge on any atom is -0.394 e. The van der Waals surface area contributed by atoms with Gasteiger partial charge in [0.05, 0.1) is 32.0 Å². The molecular formula is C92H157NO13. The predicted octanol–water partition coefficient (Wildman–Crippen LogP) is 20.7. The first kappa shape index (κ1) is 97.9. The Kier molecular flexibility index (Phi) is 68.1. The summed E-state index contributed by atoms with van der Waals surface area (Å²) < 4.78 is 22.9. The van der Waals surface area contributed by atoms with Gasteiger partial charge >= 0.3 is 0 Å². The molecule has 12 atom stereocenters. The first-order valence-electron chi connectivity index (χ1n) is 43.1. The summed E-state index contributed by atoms with van der Waals surface area (Å²) in [7, 11) is 0. The third kappa shape index (κ3) is 55.3. The molecule has 0 aromatic heterocycles. The summed E-state index contributed by atoms with van der Waals surface area (Å²) in [4.78, 5) is 13.4. The predicted molar refractivity (Wildman–Crippen MR) is 442 cm³/mol. The number of hydrogen-bond donors (Lipinski definition) is 9. The Morgan fingerprint density at radius 2 is 0.660 bits per heavy atom. The average molecular weight is 1490 g/mol. The molecule has 2 saturated heterocycles. The van der Waals surface area contributed by atoms with Crippen molar-refractivity contribution < 1.29 is 64.6 Å². The molecule has 106 heavy (non-hydrogen) atoms. The van der Waals surface area contributed by atoms with Crippen LogP contribution in [-0.2, 0) is 23.7 Å².